The summed E-state index contributed by atoms with van der Waals surface area (Å²) in [6.07, 6.45) is 6.91. The first-order chi connectivity index (χ1) is 9.81. The number of pyridine rings is 1. The van der Waals surface area contributed by atoms with Crippen molar-refractivity contribution in [2.24, 2.45) is 11.7 Å². The summed E-state index contributed by atoms with van der Waals surface area (Å²) in [6, 6.07) is 4.41. The Bertz CT molecular complexity index is 532. The van der Waals surface area contributed by atoms with Crippen molar-refractivity contribution in [2.75, 3.05) is 24.5 Å². The summed E-state index contributed by atoms with van der Waals surface area (Å²) in [5.41, 5.74) is 9.04. The van der Waals surface area contributed by atoms with E-state index in [4.69, 9.17) is 10.7 Å². The van der Waals surface area contributed by atoms with Crippen LogP contribution in [0.5, 0.6) is 0 Å². The third-order valence-corrected chi connectivity index (χ3v) is 4.55. The number of hydrogen-bond donors (Lipinski definition) is 1. The van der Waals surface area contributed by atoms with Crippen molar-refractivity contribution in [1.29, 1.82) is 5.26 Å². The molecule has 0 saturated carbocycles. The second-order valence-electron chi connectivity index (χ2n) is 5.97. The molecule has 4 heteroatoms. The molecular formula is C16H22N4. The molecule has 0 aromatic carbocycles. The highest BCUT2D eigenvalue weighted by Gasteiger charge is 2.24. The molecule has 106 valence electrons. The monoisotopic (exact) mass is 270 g/mol. The first kappa shape index (κ1) is 13.4. The van der Waals surface area contributed by atoms with Crippen molar-refractivity contribution in [1.82, 2.24) is 4.98 Å². The molecule has 2 N–H and O–H groups in total. The first-order valence-corrected chi connectivity index (χ1v) is 7.69. The van der Waals surface area contributed by atoms with Gasteiger partial charge >= 0.3 is 0 Å². The van der Waals surface area contributed by atoms with Gasteiger partial charge in [0, 0.05) is 18.8 Å². The van der Waals surface area contributed by atoms with Crippen molar-refractivity contribution in [3.05, 3.63) is 22.9 Å². The molecule has 0 amide bonds. The molecule has 1 atom stereocenters. The number of fused-ring (bicyclic) bond motifs is 1. The van der Waals surface area contributed by atoms with Crippen LogP contribution < -0.4 is 10.6 Å². The maximum Gasteiger partial charge on any atom is 0.146 e. The molecule has 4 nitrogen and oxygen atoms in total. The second-order valence-corrected chi connectivity index (χ2v) is 5.97. The fourth-order valence-electron chi connectivity index (χ4n) is 3.40. The molecule has 1 aliphatic carbocycles. The first-order valence-electron chi connectivity index (χ1n) is 7.69. The number of nitrogens with two attached hydrogens (primary N) is 1. The molecule has 3 rings (SSSR count). The van der Waals surface area contributed by atoms with Crippen LogP contribution in [0.15, 0.2) is 6.07 Å². The number of anilines is 1. The lowest BCUT2D eigenvalue weighted by Crippen LogP contribution is -2.39. The molecule has 0 spiro atoms. The van der Waals surface area contributed by atoms with E-state index >= 15 is 0 Å². The maximum atomic E-state index is 9.43. The van der Waals surface area contributed by atoms with E-state index in [9.17, 15) is 5.26 Å². The van der Waals surface area contributed by atoms with Gasteiger partial charge in [0.1, 0.15) is 11.9 Å². The predicted octanol–water partition coefficient (Wildman–Crippen LogP) is 2.01. The van der Waals surface area contributed by atoms with Crippen LogP contribution >= 0.6 is 0 Å². The Morgan fingerprint density at radius 3 is 3.00 bits per heavy atom. The van der Waals surface area contributed by atoms with Crippen molar-refractivity contribution in [3.63, 3.8) is 0 Å². The van der Waals surface area contributed by atoms with E-state index in [0.29, 0.717) is 5.92 Å². The average Bonchev–Trinajstić information content (AvgIpc) is 2.53. The van der Waals surface area contributed by atoms with Gasteiger partial charge in [-0.1, -0.05) is 0 Å². The minimum Gasteiger partial charge on any atom is -0.355 e. The number of rotatable bonds is 2. The highest BCUT2D eigenvalue weighted by molar-refractivity contribution is 5.56. The molecule has 0 bridgehead atoms. The van der Waals surface area contributed by atoms with Gasteiger partial charge in [0.2, 0.25) is 0 Å². The van der Waals surface area contributed by atoms with Gasteiger partial charge in [0.25, 0.3) is 0 Å². The predicted molar refractivity (Wildman–Crippen MR) is 79.6 cm³/mol. The van der Waals surface area contributed by atoms with Crippen LogP contribution in [0.4, 0.5) is 5.82 Å². The van der Waals surface area contributed by atoms with Gasteiger partial charge in [-0.3, -0.25) is 0 Å². The summed E-state index contributed by atoms with van der Waals surface area (Å²) in [6.45, 7) is 2.66. The van der Waals surface area contributed by atoms with E-state index in [1.54, 1.807) is 0 Å². The standard InChI is InChI=1S/C16H22N4/c17-9-12-4-3-7-20(11-12)16-14(10-18)8-13-5-1-2-6-15(13)19-16/h8,12H,1-7,9,11,17H2. The van der Waals surface area contributed by atoms with Crippen LogP contribution in [-0.2, 0) is 12.8 Å². The lowest BCUT2D eigenvalue weighted by molar-refractivity contribution is 0.421. The summed E-state index contributed by atoms with van der Waals surface area (Å²) < 4.78 is 0. The van der Waals surface area contributed by atoms with Gasteiger partial charge in [-0.05, 0) is 62.6 Å². The molecule has 2 heterocycles. The van der Waals surface area contributed by atoms with Crippen molar-refractivity contribution >= 4 is 5.82 Å². The molecule has 1 aromatic rings. The SMILES string of the molecule is N#Cc1cc2c(nc1N1CCCC(CN)C1)CCCC2. The Hall–Kier alpha value is -1.60. The Morgan fingerprint density at radius 2 is 2.20 bits per heavy atom. The van der Waals surface area contributed by atoms with Gasteiger partial charge in [-0.2, -0.15) is 5.26 Å². The Labute approximate surface area is 120 Å². The van der Waals surface area contributed by atoms with E-state index in [-0.39, 0.29) is 0 Å². The lowest BCUT2D eigenvalue weighted by atomic mass is 9.94. The number of nitrogens with zero attached hydrogens (tertiary/aromatic N) is 3. The maximum absolute atomic E-state index is 9.43. The fraction of sp³-hybridized carbons (Fsp3) is 0.625. The minimum absolute atomic E-state index is 0.535. The molecule has 1 aliphatic heterocycles. The smallest absolute Gasteiger partial charge is 0.146 e. The molecule has 20 heavy (non-hydrogen) atoms. The summed E-state index contributed by atoms with van der Waals surface area (Å²) in [5, 5.41) is 9.43. The van der Waals surface area contributed by atoms with Crippen LogP contribution in [0.3, 0.4) is 0 Å². The van der Waals surface area contributed by atoms with E-state index < -0.39 is 0 Å². The van der Waals surface area contributed by atoms with Gasteiger partial charge in [-0.15, -0.1) is 0 Å². The third kappa shape index (κ3) is 2.51. The normalized spacial score (nSPS) is 22.2. The zero-order valence-electron chi connectivity index (χ0n) is 11.9. The second kappa shape index (κ2) is 5.80. The summed E-state index contributed by atoms with van der Waals surface area (Å²) in [7, 11) is 0. The molecule has 1 aromatic heterocycles. The largest absolute Gasteiger partial charge is 0.355 e. The molecule has 0 radical (unpaired) electrons. The Balaban J connectivity index is 1.93. The number of aryl methyl sites for hydroxylation is 2. The summed E-state index contributed by atoms with van der Waals surface area (Å²) >= 11 is 0. The van der Waals surface area contributed by atoms with Crippen LogP contribution in [0.25, 0.3) is 0 Å². The van der Waals surface area contributed by atoms with Crippen molar-refractivity contribution in [3.8, 4) is 6.07 Å². The minimum atomic E-state index is 0.535. The summed E-state index contributed by atoms with van der Waals surface area (Å²) in [4.78, 5) is 7.11. The number of nitriles is 1. The van der Waals surface area contributed by atoms with E-state index in [1.165, 1.54) is 30.5 Å². The lowest BCUT2D eigenvalue weighted by Gasteiger charge is -2.34. The van der Waals surface area contributed by atoms with E-state index in [0.717, 1.165) is 50.3 Å². The van der Waals surface area contributed by atoms with Gasteiger partial charge in [-0.25, -0.2) is 4.98 Å². The quantitative estimate of drug-likeness (QED) is 0.892. The molecule has 1 unspecified atom stereocenters. The molecule has 2 aliphatic rings. The average molecular weight is 270 g/mol. The van der Waals surface area contributed by atoms with Crippen LogP contribution in [0.1, 0.15) is 42.5 Å². The zero-order chi connectivity index (χ0) is 13.9. The fourth-order valence-corrected chi connectivity index (χ4v) is 3.40. The van der Waals surface area contributed by atoms with Crippen LogP contribution in [0, 0.1) is 17.2 Å². The number of piperidine rings is 1. The van der Waals surface area contributed by atoms with Crippen molar-refractivity contribution < 1.29 is 0 Å². The van der Waals surface area contributed by atoms with Crippen LogP contribution in [-0.4, -0.2) is 24.6 Å². The molecule has 1 saturated heterocycles. The Morgan fingerprint density at radius 1 is 1.35 bits per heavy atom. The summed E-state index contributed by atoms with van der Waals surface area (Å²) in [5.74, 6) is 1.43. The zero-order valence-corrected chi connectivity index (χ0v) is 11.9. The Kier molecular flexibility index (Phi) is 3.88. The van der Waals surface area contributed by atoms with E-state index in [1.807, 2.05) is 0 Å². The highest BCUT2D eigenvalue weighted by atomic mass is 15.2. The topological polar surface area (TPSA) is 65.9 Å². The highest BCUT2D eigenvalue weighted by Crippen LogP contribution is 2.29. The molecular weight excluding hydrogens is 248 g/mol. The van der Waals surface area contributed by atoms with Gasteiger partial charge in [0.15, 0.2) is 0 Å². The molecule has 1 fully saturated rings. The third-order valence-electron chi connectivity index (χ3n) is 4.55. The van der Waals surface area contributed by atoms with E-state index in [2.05, 4.69) is 17.0 Å². The van der Waals surface area contributed by atoms with Gasteiger partial charge in [0.05, 0.1) is 5.56 Å². The van der Waals surface area contributed by atoms with Crippen LogP contribution in [0.2, 0.25) is 0 Å². The van der Waals surface area contributed by atoms with Crippen molar-refractivity contribution in [2.45, 2.75) is 38.5 Å². The number of hydrogen-bond acceptors (Lipinski definition) is 4. The number of aromatic nitrogens is 1. The van der Waals surface area contributed by atoms with Gasteiger partial charge < -0.3 is 10.6 Å².